The Kier molecular flexibility index (Phi) is 5.16. The van der Waals surface area contributed by atoms with E-state index < -0.39 is 11.7 Å². The van der Waals surface area contributed by atoms with Crippen LogP contribution >= 0.6 is 15.9 Å². The normalized spacial score (nSPS) is 11.7. The van der Waals surface area contributed by atoms with Crippen molar-refractivity contribution in [2.45, 2.75) is 46.1 Å². The molecule has 5 heteroatoms. The van der Waals surface area contributed by atoms with Gasteiger partial charge in [0.05, 0.1) is 12.1 Å². The Balaban J connectivity index is 2.33. The lowest BCUT2D eigenvalue weighted by molar-refractivity contribution is 0.0544. The van der Waals surface area contributed by atoms with Crippen LogP contribution in [-0.2, 0) is 4.74 Å². The number of nitrogens with zero attached hydrogens (tertiary/aromatic N) is 1. The lowest BCUT2D eigenvalue weighted by atomic mass is 10.2. The van der Waals surface area contributed by atoms with E-state index in [4.69, 9.17) is 9.47 Å². The van der Waals surface area contributed by atoms with Crippen LogP contribution in [0.3, 0.4) is 0 Å². The molecule has 1 aromatic carbocycles. The second-order valence-corrected chi connectivity index (χ2v) is 7.06. The molecule has 22 heavy (non-hydrogen) atoms. The van der Waals surface area contributed by atoms with Crippen molar-refractivity contribution >= 4 is 32.9 Å². The molecule has 0 saturated carbocycles. The smallest absolute Gasteiger partial charge is 0.419 e. The van der Waals surface area contributed by atoms with Gasteiger partial charge in [0.15, 0.2) is 0 Å². The fourth-order valence-corrected chi connectivity index (χ4v) is 2.59. The van der Waals surface area contributed by atoms with Crippen molar-refractivity contribution in [1.82, 2.24) is 4.57 Å². The first-order valence-electron chi connectivity index (χ1n) is 7.48. The zero-order chi connectivity index (χ0) is 16.3. The molecule has 0 amide bonds. The number of hydrogen-bond donors (Lipinski definition) is 0. The highest BCUT2D eigenvalue weighted by Crippen LogP contribution is 2.30. The molecular formula is C17H22BrNO3. The van der Waals surface area contributed by atoms with Crippen LogP contribution in [-0.4, -0.2) is 22.9 Å². The fraction of sp³-hybridized carbons (Fsp3) is 0.471. The van der Waals surface area contributed by atoms with Crippen LogP contribution in [0.1, 0.15) is 40.5 Å². The molecule has 2 aromatic rings. The van der Waals surface area contributed by atoms with Crippen LogP contribution in [0.15, 0.2) is 28.9 Å². The summed E-state index contributed by atoms with van der Waals surface area (Å²) in [7, 11) is 0. The van der Waals surface area contributed by atoms with E-state index in [0.29, 0.717) is 6.61 Å². The molecule has 0 spiro atoms. The number of halogens is 1. The molecule has 120 valence electrons. The van der Waals surface area contributed by atoms with Crippen LogP contribution in [0, 0.1) is 0 Å². The number of fused-ring (bicyclic) bond motifs is 1. The Morgan fingerprint density at radius 3 is 2.68 bits per heavy atom. The number of hydrogen-bond acceptors (Lipinski definition) is 3. The molecule has 0 aliphatic carbocycles. The highest BCUT2D eigenvalue weighted by molar-refractivity contribution is 9.10. The zero-order valence-electron chi connectivity index (χ0n) is 13.5. The number of benzene rings is 1. The third-order valence-electron chi connectivity index (χ3n) is 3.09. The number of aromatic nitrogens is 1. The van der Waals surface area contributed by atoms with E-state index >= 15 is 0 Å². The summed E-state index contributed by atoms with van der Waals surface area (Å²) < 4.78 is 13.5. The van der Waals surface area contributed by atoms with Crippen LogP contribution in [0.25, 0.3) is 10.9 Å². The molecule has 0 fully saturated rings. The lowest BCUT2D eigenvalue weighted by Gasteiger charge is -2.19. The van der Waals surface area contributed by atoms with E-state index in [2.05, 4.69) is 22.9 Å². The van der Waals surface area contributed by atoms with Gasteiger partial charge in [0.2, 0.25) is 0 Å². The Morgan fingerprint density at radius 2 is 2.05 bits per heavy atom. The van der Waals surface area contributed by atoms with E-state index in [-0.39, 0.29) is 0 Å². The van der Waals surface area contributed by atoms with E-state index in [9.17, 15) is 4.79 Å². The van der Waals surface area contributed by atoms with Gasteiger partial charge in [-0.1, -0.05) is 13.3 Å². The molecule has 4 nitrogen and oxygen atoms in total. The fourth-order valence-electron chi connectivity index (χ4n) is 2.05. The number of unbranched alkanes of at least 4 members (excludes halogenated alkanes) is 1. The van der Waals surface area contributed by atoms with E-state index in [1.165, 1.54) is 4.57 Å². The SMILES string of the molecule is CCCCOc1ccc2c(Br)cn(C(=O)OC(C)(C)C)c2c1. The number of ether oxygens (including phenoxy) is 2. The third-order valence-corrected chi connectivity index (χ3v) is 3.72. The van der Waals surface area contributed by atoms with E-state index in [1.54, 1.807) is 6.20 Å². The first kappa shape index (κ1) is 16.9. The summed E-state index contributed by atoms with van der Waals surface area (Å²) in [5.74, 6) is 0.761. The second-order valence-electron chi connectivity index (χ2n) is 6.21. The molecule has 2 rings (SSSR count). The summed E-state index contributed by atoms with van der Waals surface area (Å²) in [4.78, 5) is 12.3. The van der Waals surface area contributed by atoms with E-state index in [1.807, 2.05) is 39.0 Å². The maximum absolute atomic E-state index is 12.3. The van der Waals surface area contributed by atoms with E-state index in [0.717, 1.165) is 34.0 Å². The average Bonchev–Trinajstić information content (AvgIpc) is 2.74. The Morgan fingerprint density at radius 1 is 1.32 bits per heavy atom. The van der Waals surface area contributed by atoms with Gasteiger partial charge in [-0.2, -0.15) is 0 Å². The molecule has 0 aliphatic heterocycles. The highest BCUT2D eigenvalue weighted by atomic mass is 79.9. The molecule has 0 aliphatic rings. The summed E-state index contributed by atoms with van der Waals surface area (Å²) in [6.45, 7) is 8.36. The third kappa shape index (κ3) is 4.03. The van der Waals surface area contributed by atoms with Crippen molar-refractivity contribution in [3.8, 4) is 5.75 Å². The molecule has 0 bridgehead atoms. The van der Waals surface area contributed by atoms with Crippen LogP contribution < -0.4 is 4.74 Å². The Hall–Kier alpha value is -1.49. The highest BCUT2D eigenvalue weighted by Gasteiger charge is 2.20. The minimum absolute atomic E-state index is 0.395. The molecule has 1 aromatic heterocycles. The predicted molar refractivity (Wildman–Crippen MR) is 91.7 cm³/mol. The number of carbonyl (C=O) groups excluding carboxylic acids is 1. The van der Waals surface area contributed by atoms with Crippen molar-refractivity contribution in [3.63, 3.8) is 0 Å². The maximum atomic E-state index is 12.3. The molecule has 0 unspecified atom stereocenters. The summed E-state index contributed by atoms with van der Waals surface area (Å²) in [6, 6.07) is 5.74. The molecule has 0 radical (unpaired) electrons. The van der Waals surface area contributed by atoms with Gasteiger partial charge in [-0.25, -0.2) is 4.79 Å². The van der Waals surface area contributed by atoms with Gasteiger partial charge >= 0.3 is 6.09 Å². The van der Waals surface area contributed by atoms with Crippen LogP contribution in [0.2, 0.25) is 0 Å². The maximum Gasteiger partial charge on any atom is 0.419 e. The number of rotatable bonds is 4. The number of carbonyl (C=O) groups is 1. The monoisotopic (exact) mass is 367 g/mol. The van der Waals surface area contributed by atoms with Crippen molar-refractivity contribution in [3.05, 3.63) is 28.9 Å². The minimum Gasteiger partial charge on any atom is -0.494 e. The Labute approximate surface area is 139 Å². The molecule has 0 atom stereocenters. The molecular weight excluding hydrogens is 346 g/mol. The second kappa shape index (κ2) is 6.73. The van der Waals surface area contributed by atoms with Crippen molar-refractivity contribution < 1.29 is 14.3 Å². The standard InChI is InChI=1S/C17H22BrNO3/c1-5-6-9-21-12-7-8-13-14(18)11-19(15(13)10-12)16(20)22-17(2,3)4/h7-8,10-11H,5-6,9H2,1-4H3. The van der Waals surface area contributed by atoms with Gasteiger partial charge in [0.1, 0.15) is 11.4 Å². The van der Waals surface area contributed by atoms with Crippen molar-refractivity contribution in [2.24, 2.45) is 0 Å². The summed E-state index contributed by atoms with van der Waals surface area (Å²) in [6.07, 6.45) is 3.43. The topological polar surface area (TPSA) is 40.5 Å². The van der Waals surface area contributed by atoms with Crippen molar-refractivity contribution in [2.75, 3.05) is 6.61 Å². The largest absolute Gasteiger partial charge is 0.494 e. The van der Waals surface area contributed by atoms with Gasteiger partial charge in [-0.3, -0.25) is 4.57 Å². The minimum atomic E-state index is -0.532. The summed E-state index contributed by atoms with van der Waals surface area (Å²) >= 11 is 3.48. The van der Waals surface area contributed by atoms with Gasteiger partial charge in [0, 0.05) is 22.1 Å². The first-order valence-corrected chi connectivity index (χ1v) is 8.28. The van der Waals surface area contributed by atoms with Crippen molar-refractivity contribution in [1.29, 1.82) is 0 Å². The van der Waals surface area contributed by atoms with Crippen LogP contribution in [0.5, 0.6) is 5.75 Å². The summed E-state index contributed by atoms with van der Waals surface area (Å²) in [5.41, 5.74) is 0.241. The first-order chi connectivity index (χ1) is 10.3. The van der Waals surface area contributed by atoms with Gasteiger partial charge in [0.25, 0.3) is 0 Å². The predicted octanol–water partition coefficient (Wildman–Crippen LogP) is 5.37. The summed E-state index contributed by atoms with van der Waals surface area (Å²) in [5, 5.41) is 0.953. The van der Waals surface area contributed by atoms with Gasteiger partial charge < -0.3 is 9.47 Å². The van der Waals surface area contributed by atoms with Gasteiger partial charge in [-0.05, 0) is 55.3 Å². The molecule has 0 saturated heterocycles. The molecule has 0 N–H and O–H groups in total. The average molecular weight is 368 g/mol. The quantitative estimate of drug-likeness (QED) is 0.682. The zero-order valence-corrected chi connectivity index (χ0v) is 15.1. The Bertz CT molecular complexity index is 670. The van der Waals surface area contributed by atoms with Crippen LogP contribution in [0.4, 0.5) is 4.79 Å². The molecule has 1 heterocycles. The van der Waals surface area contributed by atoms with Gasteiger partial charge in [-0.15, -0.1) is 0 Å². The lowest BCUT2D eigenvalue weighted by Crippen LogP contribution is -2.26.